The molecule has 2 aromatic rings. The molecular formula is C26H34N2O5S. The molecule has 0 aliphatic carbocycles. The minimum Gasteiger partial charge on any atom is -0.496 e. The fourth-order valence-electron chi connectivity index (χ4n) is 4.81. The summed E-state index contributed by atoms with van der Waals surface area (Å²) in [7, 11) is -2.00. The van der Waals surface area contributed by atoms with E-state index >= 15 is 0 Å². The molecule has 2 heterocycles. The van der Waals surface area contributed by atoms with E-state index in [1.165, 1.54) is 0 Å². The molecule has 34 heavy (non-hydrogen) atoms. The first-order valence-corrected chi connectivity index (χ1v) is 13.4. The number of para-hydroxylation sites is 1. The second kappa shape index (κ2) is 9.96. The van der Waals surface area contributed by atoms with Gasteiger partial charge in [-0.2, -0.15) is 4.31 Å². The summed E-state index contributed by atoms with van der Waals surface area (Å²) in [6.07, 6.45) is 4.10. The number of sulfonamides is 1. The van der Waals surface area contributed by atoms with E-state index in [4.69, 9.17) is 9.47 Å². The molecule has 1 amide bonds. The second-order valence-electron chi connectivity index (χ2n) is 9.66. The molecule has 0 radical (unpaired) electrons. The minimum atomic E-state index is -3.55. The standard InChI is InChI=1S/C26H34N2O5S/c1-26(2)18-22(21-9-5-6-10-24(21)33-26)27-25(29)14-11-19-17-20(12-13-23(19)32-3)34(30,31)28-15-7-4-8-16-28/h5-6,9-10,12-13,17,22H,4,7-8,11,14-16,18H2,1-3H3,(H,27,29)/t22-/m0/s1. The summed E-state index contributed by atoms with van der Waals surface area (Å²) in [5.74, 6) is 1.29. The number of aryl methyl sites for hydroxylation is 1. The van der Waals surface area contributed by atoms with Gasteiger partial charge in [-0.05, 0) is 62.9 Å². The molecule has 2 aromatic carbocycles. The molecule has 0 spiro atoms. The second-order valence-corrected chi connectivity index (χ2v) is 11.6. The number of benzene rings is 2. The average molecular weight is 487 g/mol. The summed E-state index contributed by atoms with van der Waals surface area (Å²) in [4.78, 5) is 13.2. The highest BCUT2D eigenvalue weighted by molar-refractivity contribution is 7.89. The van der Waals surface area contributed by atoms with Crippen molar-refractivity contribution in [1.29, 1.82) is 0 Å². The summed E-state index contributed by atoms with van der Waals surface area (Å²) in [5.41, 5.74) is 1.30. The van der Waals surface area contributed by atoms with Crippen LogP contribution >= 0.6 is 0 Å². The summed E-state index contributed by atoms with van der Waals surface area (Å²) in [6.45, 7) is 5.13. The van der Waals surface area contributed by atoms with Gasteiger partial charge in [0.15, 0.2) is 0 Å². The lowest BCUT2D eigenvalue weighted by Gasteiger charge is -2.37. The highest BCUT2D eigenvalue weighted by Crippen LogP contribution is 2.39. The van der Waals surface area contributed by atoms with E-state index in [0.717, 1.165) is 30.6 Å². The lowest BCUT2D eigenvalue weighted by atomic mass is 9.89. The lowest BCUT2D eigenvalue weighted by Crippen LogP contribution is -2.41. The Hall–Kier alpha value is -2.58. The maximum Gasteiger partial charge on any atom is 0.243 e. The van der Waals surface area contributed by atoms with E-state index < -0.39 is 10.0 Å². The molecule has 0 saturated carbocycles. The average Bonchev–Trinajstić information content (AvgIpc) is 2.82. The fourth-order valence-corrected chi connectivity index (χ4v) is 6.38. The van der Waals surface area contributed by atoms with E-state index in [-0.39, 0.29) is 28.9 Å². The molecule has 184 valence electrons. The Balaban J connectivity index is 1.47. The van der Waals surface area contributed by atoms with Crippen LogP contribution in [0.5, 0.6) is 11.5 Å². The summed E-state index contributed by atoms with van der Waals surface area (Å²) in [6, 6.07) is 12.6. The van der Waals surface area contributed by atoms with Crippen molar-refractivity contribution >= 4 is 15.9 Å². The number of nitrogens with zero attached hydrogens (tertiary/aromatic N) is 1. The van der Waals surface area contributed by atoms with Crippen molar-refractivity contribution < 1.29 is 22.7 Å². The van der Waals surface area contributed by atoms with Crippen molar-refractivity contribution in [2.75, 3.05) is 20.2 Å². The molecule has 2 aliphatic heterocycles. The van der Waals surface area contributed by atoms with Crippen molar-refractivity contribution in [3.8, 4) is 11.5 Å². The predicted molar refractivity (Wildman–Crippen MR) is 131 cm³/mol. The largest absolute Gasteiger partial charge is 0.496 e. The first-order chi connectivity index (χ1) is 16.2. The monoisotopic (exact) mass is 486 g/mol. The van der Waals surface area contributed by atoms with Gasteiger partial charge in [-0.25, -0.2) is 8.42 Å². The number of rotatable bonds is 7. The SMILES string of the molecule is COc1ccc(S(=O)(=O)N2CCCCC2)cc1CCC(=O)N[C@H]1CC(C)(C)Oc2ccccc21. The number of ether oxygens (including phenoxy) is 2. The number of carbonyl (C=O) groups is 1. The third-order valence-corrected chi connectivity index (χ3v) is 8.43. The van der Waals surface area contributed by atoms with Gasteiger partial charge in [-0.1, -0.05) is 24.6 Å². The Morgan fingerprint density at radius 1 is 1.15 bits per heavy atom. The van der Waals surface area contributed by atoms with Gasteiger partial charge < -0.3 is 14.8 Å². The van der Waals surface area contributed by atoms with Crippen LogP contribution in [0.3, 0.4) is 0 Å². The highest BCUT2D eigenvalue weighted by atomic mass is 32.2. The van der Waals surface area contributed by atoms with Crippen molar-refractivity contribution in [1.82, 2.24) is 9.62 Å². The Morgan fingerprint density at radius 2 is 1.88 bits per heavy atom. The van der Waals surface area contributed by atoms with Crippen LogP contribution in [0, 0.1) is 0 Å². The Kier molecular flexibility index (Phi) is 7.19. The first kappa shape index (κ1) is 24.5. The normalized spacial score (nSPS) is 20.1. The molecule has 8 heteroatoms. The van der Waals surface area contributed by atoms with Gasteiger partial charge in [-0.15, -0.1) is 0 Å². The molecule has 1 saturated heterocycles. The molecule has 4 rings (SSSR count). The smallest absolute Gasteiger partial charge is 0.243 e. The van der Waals surface area contributed by atoms with Crippen LogP contribution in [-0.2, 0) is 21.2 Å². The molecular weight excluding hydrogens is 452 g/mol. The minimum absolute atomic E-state index is 0.0937. The fraction of sp³-hybridized carbons (Fsp3) is 0.500. The number of piperidine rings is 1. The Labute approximate surface area is 202 Å². The number of nitrogens with one attached hydrogen (secondary N) is 1. The number of hydrogen-bond donors (Lipinski definition) is 1. The van der Waals surface area contributed by atoms with Crippen molar-refractivity contribution in [2.45, 2.75) is 68.9 Å². The van der Waals surface area contributed by atoms with Crippen LogP contribution < -0.4 is 14.8 Å². The maximum atomic E-state index is 13.1. The van der Waals surface area contributed by atoms with Crippen molar-refractivity contribution in [2.24, 2.45) is 0 Å². The van der Waals surface area contributed by atoms with Gasteiger partial charge in [0.05, 0.1) is 18.0 Å². The van der Waals surface area contributed by atoms with Crippen LogP contribution in [0.4, 0.5) is 0 Å². The third kappa shape index (κ3) is 5.39. The number of amides is 1. The number of carbonyl (C=O) groups excluding carboxylic acids is 1. The Morgan fingerprint density at radius 3 is 2.62 bits per heavy atom. The molecule has 7 nitrogen and oxygen atoms in total. The number of hydrogen-bond acceptors (Lipinski definition) is 5. The van der Waals surface area contributed by atoms with E-state index in [0.29, 0.717) is 37.2 Å². The van der Waals surface area contributed by atoms with E-state index in [1.807, 2.05) is 38.1 Å². The van der Waals surface area contributed by atoms with E-state index in [9.17, 15) is 13.2 Å². The van der Waals surface area contributed by atoms with Gasteiger partial charge >= 0.3 is 0 Å². The summed E-state index contributed by atoms with van der Waals surface area (Å²) >= 11 is 0. The van der Waals surface area contributed by atoms with E-state index in [2.05, 4.69) is 5.32 Å². The molecule has 1 N–H and O–H groups in total. The van der Waals surface area contributed by atoms with Crippen LogP contribution in [-0.4, -0.2) is 44.4 Å². The van der Waals surface area contributed by atoms with Gasteiger partial charge in [0.2, 0.25) is 15.9 Å². The first-order valence-electron chi connectivity index (χ1n) is 11.9. The van der Waals surface area contributed by atoms with Crippen molar-refractivity contribution in [3.05, 3.63) is 53.6 Å². The van der Waals surface area contributed by atoms with Crippen LogP contribution in [0.2, 0.25) is 0 Å². The number of fused-ring (bicyclic) bond motifs is 1. The molecule has 0 aromatic heterocycles. The van der Waals surface area contributed by atoms with Gasteiger partial charge in [0.25, 0.3) is 0 Å². The zero-order valence-corrected chi connectivity index (χ0v) is 21.0. The molecule has 1 atom stereocenters. The van der Waals surface area contributed by atoms with Crippen LogP contribution in [0.15, 0.2) is 47.4 Å². The van der Waals surface area contributed by atoms with Gasteiger partial charge in [0.1, 0.15) is 17.1 Å². The van der Waals surface area contributed by atoms with Gasteiger partial charge in [-0.3, -0.25) is 4.79 Å². The van der Waals surface area contributed by atoms with Gasteiger partial charge in [0, 0.05) is 31.5 Å². The lowest BCUT2D eigenvalue weighted by molar-refractivity contribution is -0.122. The quantitative estimate of drug-likeness (QED) is 0.633. The maximum absolute atomic E-state index is 13.1. The number of methoxy groups -OCH3 is 1. The van der Waals surface area contributed by atoms with E-state index in [1.54, 1.807) is 29.6 Å². The van der Waals surface area contributed by atoms with Crippen LogP contribution in [0.25, 0.3) is 0 Å². The molecule has 0 unspecified atom stereocenters. The summed E-state index contributed by atoms with van der Waals surface area (Å²) < 4.78 is 39.3. The zero-order chi connectivity index (χ0) is 24.3. The zero-order valence-electron chi connectivity index (χ0n) is 20.2. The topological polar surface area (TPSA) is 84.9 Å². The predicted octanol–water partition coefficient (Wildman–Crippen LogP) is 4.22. The molecule has 1 fully saturated rings. The molecule has 2 aliphatic rings. The summed E-state index contributed by atoms with van der Waals surface area (Å²) in [5, 5.41) is 3.15. The molecule has 0 bridgehead atoms. The van der Waals surface area contributed by atoms with Crippen LogP contribution in [0.1, 0.15) is 63.1 Å². The highest BCUT2D eigenvalue weighted by Gasteiger charge is 2.34. The van der Waals surface area contributed by atoms with Crippen molar-refractivity contribution in [3.63, 3.8) is 0 Å². The third-order valence-electron chi connectivity index (χ3n) is 6.54. The Bertz CT molecular complexity index is 1140.